The second-order valence-corrected chi connectivity index (χ2v) is 8.30. The number of pyridine rings is 1. The molecule has 2 fully saturated rings. The summed E-state index contributed by atoms with van der Waals surface area (Å²) in [6.07, 6.45) is 3.27. The molecule has 31 heavy (non-hydrogen) atoms. The van der Waals surface area contributed by atoms with Crippen molar-refractivity contribution >= 4 is 41.6 Å². The van der Waals surface area contributed by atoms with Crippen LogP contribution in [0.4, 0.5) is 4.39 Å². The lowest BCUT2D eigenvalue weighted by Crippen LogP contribution is -2.44. The summed E-state index contributed by atoms with van der Waals surface area (Å²) >= 11 is 0. The molecule has 2 aliphatic heterocycles. The minimum Gasteiger partial charge on any atom is -0.339 e. The molecule has 0 atom stereocenters. The van der Waals surface area contributed by atoms with Crippen LogP contribution in [-0.2, 0) is 0 Å². The summed E-state index contributed by atoms with van der Waals surface area (Å²) in [7, 11) is 0. The molecule has 0 unspecified atom stereocenters. The van der Waals surface area contributed by atoms with Gasteiger partial charge in [0, 0.05) is 36.7 Å². The number of carbonyl (C=O) groups excluding carboxylic acids is 1. The Morgan fingerprint density at radius 3 is 2.42 bits per heavy atom. The molecule has 0 saturated carbocycles. The number of aromatic nitrogens is 1. The van der Waals surface area contributed by atoms with E-state index in [2.05, 4.69) is 10.3 Å². The van der Waals surface area contributed by atoms with Gasteiger partial charge in [0.25, 0.3) is 5.91 Å². The van der Waals surface area contributed by atoms with E-state index in [9.17, 15) is 9.18 Å². The first-order valence-corrected chi connectivity index (χ1v) is 10.3. The largest absolute Gasteiger partial charge is 0.339 e. The van der Waals surface area contributed by atoms with Gasteiger partial charge >= 0.3 is 0 Å². The topological polar surface area (TPSA) is 45.2 Å². The van der Waals surface area contributed by atoms with Crippen molar-refractivity contribution in [2.75, 3.05) is 26.2 Å². The number of halogens is 3. The van der Waals surface area contributed by atoms with E-state index in [0.29, 0.717) is 27.6 Å². The third-order valence-electron chi connectivity index (χ3n) is 6.52. The summed E-state index contributed by atoms with van der Waals surface area (Å²) in [6, 6.07) is 16.1. The highest BCUT2D eigenvalue weighted by Gasteiger charge is 2.38. The molecule has 1 amide bonds. The van der Waals surface area contributed by atoms with Crippen molar-refractivity contribution in [2.24, 2.45) is 5.41 Å². The molecule has 3 heterocycles. The van der Waals surface area contributed by atoms with Crippen molar-refractivity contribution in [3.8, 4) is 11.3 Å². The Morgan fingerprint density at radius 1 is 1.00 bits per heavy atom. The number of fused-ring (bicyclic) bond motifs is 1. The van der Waals surface area contributed by atoms with Crippen molar-refractivity contribution < 1.29 is 9.18 Å². The van der Waals surface area contributed by atoms with Gasteiger partial charge in [0.15, 0.2) is 0 Å². The lowest BCUT2D eigenvalue weighted by atomic mass is 9.77. The molecule has 0 radical (unpaired) electrons. The number of amides is 1. The first-order valence-electron chi connectivity index (χ1n) is 10.3. The predicted molar refractivity (Wildman–Crippen MR) is 127 cm³/mol. The zero-order chi connectivity index (χ0) is 19.8. The third-order valence-corrected chi connectivity index (χ3v) is 6.52. The molecule has 0 bridgehead atoms. The van der Waals surface area contributed by atoms with Crippen LogP contribution < -0.4 is 5.32 Å². The fraction of sp³-hybridized carbons (Fsp3) is 0.333. The maximum atomic E-state index is 13.9. The second-order valence-electron chi connectivity index (χ2n) is 8.30. The Bertz CT molecular complexity index is 1060. The van der Waals surface area contributed by atoms with Crippen LogP contribution in [0.3, 0.4) is 0 Å². The van der Waals surface area contributed by atoms with Gasteiger partial charge in [-0.3, -0.25) is 4.79 Å². The van der Waals surface area contributed by atoms with Crippen molar-refractivity contribution in [3.05, 3.63) is 66.0 Å². The molecule has 1 spiro atoms. The van der Waals surface area contributed by atoms with Gasteiger partial charge in [-0.05, 0) is 49.4 Å². The van der Waals surface area contributed by atoms with Crippen LogP contribution in [0.15, 0.2) is 54.6 Å². The zero-order valence-electron chi connectivity index (χ0n) is 17.1. The van der Waals surface area contributed by atoms with E-state index in [-0.39, 0.29) is 36.5 Å². The first kappa shape index (κ1) is 23.5. The minimum atomic E-state index is -0.345. The van der Waals surface area contributed by atoms with Crippen LogP contribution in [0.1, 0.15) is 29.6 Å². The Labute approximate surface area is 194 Å². The molecular weight excluding hydrogens is 436 g/mol. The normalized spacial score (nSPS) is 17.3. The maximum absolute atomic E-state index is 13.9. The third kappa shape index (κ3) is 4.54. The van der Waals surface area contributed by atoms with Crippen molar-refractivity contribution in [3.63, 3.8) is 0 Å². The number of nitrogens with one attached hydrogen (secondary N) is 1. The summed E-state index contributed by atoms with van der Waals surface area (Å²) < 4.78 is 13.9. The highest BCUT2D eigenvalue weighted by Crippen LogP contribution is 2.37. The van der Waals surface area contributed by atoms with Crippen molar-refractivity contribution in [1.29, 1.82) is 0 Å². The van der Waals surface area contributed by atoms with Crippen LogP contribution >= 0.6 is 24.8 Å². The van der Waals surface area contributed by atoms with Gasteiger partial charge in [0.05, 0.1) is 16.8 Å². The van der Waals surface area contributed by atoms with Gasteiger partial charge in [-0.25, -0.2) is 9.37 Å². The molecule has 7 heteroatoms. The molecule has 0 aliphatic carbocycles. The minimum absolute atomic E-state index is 0. The highest BCUT2D eigenvalue weighted by molar-refractivity contribution is 6.07. The summed E-state index contributed by atoms with van der Waals surface area (Å²) in [6.45, 7) is 3.68. The molecule has 2 saturated heterocycles. The molecule has 164 valence electrons. The summed E-state index contributed by atoms with van der Waals surface area (Å²) in [4.78, 5) is 20.1. The number of carbonyl (C=O) groups is 1. The van der Waals surface area contributed by atoms with E-state index >= 15 is 0 Å². The van der Waals surface area contributed by atoms with Crippen LogP contribution in [0.25, 0.3) is 22.2 Å². The van der Waals surface area contributed by atoms with Crippen molar-refractivity contribution in [2.45, 2.75) is 19.3 Å². The Hall–Kier alpha value is -2.21. The van der Waals surface area contributed by atoms with Gasteiger partial charge in [-0.15, -0.1) is 24.8 Å². The molecule has 2 aromatic carbocycles. The number of likely N-dealkylation sites (tertiary alicyclic amines) is 1. The molecule has 1 aromatic heterocycles. The monoisotopic (exact) mass is 461 g/mol. The van der Waals surface area contributed by atoms with E-state index in [1.54, 1.807) is 6.07 Å². The quantitative estimate of drug-likeness (QED) is 0.577. The molecule has 5 rings (SSSR count). The number of piperidine rings is 1. The van der Waals surface area contributed by atoms with Gasteiger partial charge in [-0.1, -0.05) is 30.3 Å². The number of rotatable bonds is 2. The molecular formula is C24H26Cl2FN3O. The zero-order valence-corrected chi connectivity index (χ0v) is 18.8. The number of benzene rings is 2. The molecule has 4 nitrogen and oxygen atoms in total. The maximum Gasteiger partial charge on any atom is 0.254 e. The van der Waals surface area contributed by atoms with Gasteiger partial charge in [0.1, 0.15) is 5.82 Å². The van der Waals surface area contributed by atoms with E-state index < -0.39 is 0 Å². The van der Waals surface area contributed by atoms with Gasteiger partial charge in [-0.2, -0.15) is 0 Å². The smallest absolute Gasteiger partial charge is 0.254 e. The molecule has 3 aromatic rings. The number of nitrogens with zero attached hydrogens (tertiary/aromatic N) is 2. The lowest BCUT2D eigenvalue weighted by molar-refractivity contribution is 0.0609. The standard InChI is InChI=1S/C24H24FN3O.2ClH/c25-18-6-7-19-20(15-21(27-22(19)14-18)17-4-2-1-3-5-17)23(29)28-12-9-24(10-13-28)8-11-26-16-24;;/h1-7,14-15,26H,8-13,16H2;2*1H. The Balaban J connectivity index is 0.00000136. The summed E-state index contributed by atoms with van der Waals surface area (Å²) in [5.41, 5.74) is 3.09. The van der Waals surface area contributed by atoms with Crippen LogP contribution in [-0.4, -0.2) is 42.0 Å². The SMILES string of the molecule is Cl.Cl.O=C(c1cc(-c2ccccc2)nc2cc(F)ccc12)N1CCC2(CCNC2)CC1. The first-order chi connectivity index (χ1) is 14.1. The van der Waals surface area contributed by atoms with E-state index in [4.69, 9.17) is 0 Å². The Morgan fingerprint density at radius 2 is 1.74 bits per heavy atom. The van der Waals surface area contributed by atoms with Crippen LogP contribution in [0, 0.1) is 11.2 Å². The van der Waals surface area contributed by atoms with Crippen LogP contribution in [0.5, 0.6) is 0 Å². The molecule has 1 N–H and O–H groups in total. The highest BCUT2D eigenvalue weighted by atomic mass is 35.5. The van der Waals surface area contributed by atoms with Gasteiger partial charge in [0.2, 0.25) is 0 Å². The number of hydrogen-bond donors (Lipinski definition) is 1. The second kappa shape index (κ2) is 9.51. The van der Waals surface area contributed by atoms with Crippen LogP contribution in [0.2, 0.25) is 0 Å². The fourth-order valence-corrected chi connectivity index (χ4v) is 4.71. The lowest BCUT2D eigenvalue weighted by Gasteiger charge is -2.39. The summed E-state index contributed by atoms with van der Waals surface area (Å²) in [5.74, 6) is -0.329. The predicted octanol–water partition coefficient (Wildman–Crippen LogP) is 5.10. The summed E-state index contributed by atoms with van der Waals surface area (Å²) in [5, 5.41) is 4.17. The number of hydrogen-bond acceptors (Lipinski definition) is 3. The van der Waals surface area contributed by atoms with Crippen molar-refractivity contribution in [1.82, 2.24) is 15.2 Å². The van der Waals surface area contributed by atoms with E-state index in [0.717, 1.165) is 44.6 Å². The Kier molecular flexibility index (Phi) is 7.20. The average Bonchev–Trinajstić information content (AvgIpc) is 3.21. The van der Waals surface area contributed by atoms with E-state index in [1.807, 2.05) is 41.3 Å². The molecule has 2 aliphatic rings. The van der Waals surface area contributed by atoms with Gasteiger partial charge < -0.3 is 10.2 Å². The average molecular weight is 462 g/mol. The fourth-order valence-electron chi connectivity index (χ4n) is 4.71. The van der Waals surface area contributed by atoms with E-state index in [1.165, 1.54) is 18.6 Å².